The predicted octanol–water partition coefficient (Wildman–Crippen LogP) is 5.51. The van der Waals surface area contributed by atoms with Crippen molar-refractivity contribution in [3.63, 3.8) is 0 Å². The topological polar surface area (TPSA) is 29.9 Å². The van der Waals surface area contributed by atoms with Crippen molar-refractivity contribution in [2.45, 2.75) is 18.9 Å². The molecular formula is C21H20F3N3. The molecule has 0 bridgehead atoms. The molecule has 3 aromatic rings. The molecular weight excluding hydrogens is 351 g/mol. The number of nitrogens with zero attached hydrogens (tertiary/aromatic N) is 2. The maximum absolute atomic E-state index is 14.0. The van der Waals surface area contributed by atoms with E-state index in [4.69, 9.17) is 0 Å². The molecule has 3 rings (SSSR count). The molecule has 6 heteroatoms. The average molecular weight is 371 g/mol. The molecule has 0 spiro atoms. The summed E-state index contributed by atoms with van der Waals surface area (Å²) in [5, 5.41) is 7.09. The fourth-order valence-electron chi connectivity index (χ4n) is 2.80. The summed E-state index contributed by atoms with van der Waals surface area (Å²) in [5.41, 5.74) is 2.46. The summed E-state index contributed by atoms with van der Waals surface area (Å²) >= 11 is 0. The number of aryl methyl sites for hydroxylation is 1. The number of halogens is 3. The molecule has 0 amide bonds. The van der Waals surface area contributed by atoms with Crippen molar-refractivity contribution >= 4 is 5.69 Å². The summed E-state index contributed by atoms with van der Waals surface area (Å²) in [7, 11) is 1.63. The maximum Gasteiger partial charge on any atom is 0.294 e. The van der Waals surface area contributed by atoms with E-state index in [2.05, 4.69) is 17.0 Å². The molecule has 0 saturated heterocycles. The smallest absolute Gasteiger partial charge is 0.294 e. The van der Waals surface area contributed by atoms with E-state index in [0.717, 1.165) is 11.3 Å². The second-order valence-corrected chi connectivity index (χ2v) is 6.26. The molecule has 2 aromatic carbocycles. The summed E-state index contributed by atoms with van der Waals surface area (Å²) in [6.45, 7) is 3.73. The summed E-state index contributed by atoms with van der Waals surface area (Å²) in [5.74, 6) is -3.30. The Bertz CT molecular complexity index is 930. The number of rotatable bonds is 7. The van der Waals surface area contributed by atoms with Gasteiger partial charge in [0.15, 0.2) is 0 Å². The SMILES string of the molecule is C=CCC(F)(F)c1cc(-c2ccc(NCc3ccccc3F)cc2)n(C)n1. The Kier molecular flexibility index (Phi) is 5.35. The van der Waals surface area contributed by atoms with E-state index < -0.39 is 12.3 Å². The van der Waals surface area contributed by atoms with Gasteiger partial charge in [-0.1, -0.05) is 36.4 Å². The van der Waals surface area contributed by atoms with Crippen LogP contribution in [-0.2, 0) is 19.5 Å². The van der Waals surface area contributed by atoms with Crippen LogP contribution in [0.15, 0.2) is 67.3 Å². The number of anilines is 1. The second kappa shape index (κ2) is 7.70. The van der Waals surface area contributed by atoms with Crippen LogP contribution in [0.5, 0.6) is 0 Å². The minimum absolute atomic E-state index is 0.260. The van der Waals surface area contributed by atoms with Crippen LogP contribution in [-0.4, -0.2) is 9.78 Å². The van der Waals surface area contributed by atoms with E-state index in [9.17, 15) is 13.2 Å². The summed E-state index contributed by atoms with van der Waals surface area (Å²) in [4.78, 5) is 0. The van der Waals surface area contributed by atoms with Gasteiger partial charge in [-0.25, -0.2) is 4.39 Å². The lowest BCUT2D eigenvalue weighted by molar-refractivity contribution is -0.00591. The lowest BCUT2D eigenvalue weighted by atomic mass is 10.1. The van der Waals surface area contributed by atoms with Gasteiger partial charge in [-0.2, -0.15) is 13.9 Å². The summed E-state index contributed by atoms with van der Waals surface area (Å²) in [6, 6.07) is 15.2. The first-order valence-electron chi connectivity index (χ1n) is 8.51. The molecule has 140 valence electrons. The third kappa shape index (κ3) is 4.22. The standard InChI is InChI=1S/C21H20F3N3/c1-3-12-21(23,24)20-13-19(27(2)26-20)15-8-10-17(11-9-15)25-14-16-6-4-5-7-18(16)22/h3-11,13,25H,1,12,14H2,2H3. The van der Waals surface area contributed by atoms with Gasteiger partial charge in [0, 0.05) is 31.3 Å². The fraction of sp³-hybridized carbons (Fsp3) is 0.190. The number of nitrogens with one attached hydrogen (secondary N) is 1. The first-order chi connectivity index (χ1) is 12.9. The third-order valence-electron chi connectivity index (χ3n) is 4.28. The van der Waals surface area contributed by atoms with Gasteiger partial charge in [0.05, 0.1) is 5.69 Å². The maximum atomic E-state index is 14.0. The predicted molar refractivity (Wildman–Crippen MR) is 101 cm³/mol. The first kappa shape index (κ1) is 18.8. The number of aromatic nitrogens is 2. The number of hydrogen-bond acceptors (Lipinski definition) is 2. The van der Waals surface area contributed by atoms with Crippen molar-refractivity contribution < 1.29 is 13.2 Å². The van der Waals surface area contributed by atoms with E-state index in [1.54, 1.807) is 25.2 Å². The zero-order valence-electron chi connectivity index (χ0n) is 14.9. The minimum atomic E-state index is -3.04. The molecule has 1 aromatic heterocycles. The van der Waals surface area contributed by atoms with Crippen molar-refractivity contribution in [1.82, 2.24) is 9.78 Å². The van der Waals surface area contributed by atoms with E-state index in [1.807, 2.05) is 24.3 Å². The van der Waals surface area contributed by atoms with E-state index >= 15 is 0 Å². The Morgan fingerprint density at radius 2 is 1.85 bits per heavy atom. The Morgan fingerprint density at radius 3 is 2.52 bits per heavy atom. The van der Waals surface area contributed by atoms with Gasteiger partial charge in [0.1, 0.15) is 11.5 Å². The van der Waals surface area contributed by atoms with Gasteiger partial charge >= 0.3 is 0 Å². The zero-order chi connectivity index (χ0) is 19.4. The fourth-order valence-corrected chi connectivity index (χ4v) is 2.80. The monoisotopic (exact) mass is 371 g/mol. The number of allylic oxidation sites excluding steroid dienone is 1. The minimum Gasteiger partial charge on any atom is -0.381 e. The molecule has 0 radical (unpaired) electrons. The average Bonchev–Trinajstić information content (AvgIpc) is 3.04. The largest absolute Gasteiger partial charge is 0.381 e. The van der Waals surface area contributed by atoms with E-state index in [0.29, 0.717) is 17.8 Å². The highest BCUT2D eigenvalue weighted by molar-refractivity contribution is 5.63. The number of hydrogen-bond donors (Lipinski definition) is 1. The normalized spacial score (nSPS) is 11.4. The number of benzene rings is 2. The second-order valence-electron chi connectivity index (χ2n) is 6.26. The Morgan fingerprint density at radius 1 is 1.15 bits per heavy atom. The van der Waals surface area contributed by atoms with Crippen LogP contribution in [0.4, 0.5) is 18.9 Å². The van der Waals surface area contributed by atoms with Crippen LogP contribution in [0.2, 0.25) is 0 Å². The van der Waals surface area contributed by atoms with Gasteiger partial charge in [0.25, 0.3) is 5.92 Å². The van der Waals surface area contributed by atoms with Crippen molar-refractivity contribution in [1.29, 1.82) is 0 Å². The molecule has 0 atom stereocenters. The molecule has 0 aliphatic carbocycles. The lowest BCUT2D eigenvalue weighted by Crippen LogP contribution is -2.13. The molecule has 1 heterocycles. The summed E-state index contributed by atoms with van der Waals surface area (Å²) < 4.78 is 43.2. The molecule has 27 heavy (non-hydrogen) atoms. The molecule has 0 saturated carbocycles. The van der Waals surface area contributed by atoms with Crippen LogP contribution in [0.1, 0.15) is 17.7 Å². The van der Waals surface area contributed by atoms with Crippen molar-refractivity contribution in [2.24, 2.45) is 7.05 Å². The van der Waals surface area contributed by atoms with Gasteiger partial charge in [-0.05, 0) is 29.8 Å². The quantitative estimate of drug-likeness (QED) is 0.555. The number of alkyl halides is 2. The zero-order valence-corrected chi connectivity index (χ0v) is 14.9. The van der Waals surface area contributed by atoms with Gasteiger partial charge in [-0.3, -0.25) is 4.68 Å². The van der Waals surface area contributed by atoms with Crippen LogP contribution >= 0.6 is 0 Å². The molecule has 0 aliphatic rings. The summed E-state index contributed by atoms with van der Waals surface area (Å²) in [6.07, 6.45) is 0.729. The first-order valence-corrected chi connectivity index (χ1v) is 8.51. The van der Waals surface area contributed by atoms with Crippen LogP contribution in [0.25, 0.3) is 11.3 Å². The van der Waals surface area contributed by atoms with Crippen LogP contribution in [0, 0.1) is 5.82 Å². The van der Waals surface area contributed by atoms with E-state index in [-0.39, 0.29) is 11.5 Å². The molecule has 0 aliphatic heterocycles. The van der Waals surface area contributed by atoms with Crippen molar-refractivity contribution in [2.75, 3.05) is 5.32 Å². The highest BCUT2D eigenvalue weighted by Crippen LogP contribution is 2.33. The van der Waals surface area contributed by atoms with Gasteiger partial charge in [-0.15, -0.1) is 6.58 Å². The Labute approximate surface area is 156 Å². The third-order valence-corrected chi connectivity index (χ3v) is 4.28. The van der Waals surface area contributed by atoms with Crippen molar-refractivity contribution in [3.8, 4) is 11.3 Å². The molecule has 0 unspecified atom stereocenters. The lowest BCUT2D eigenvalue weighted by Gasteiger charge is -2.09. The van der Waals surface area contributed by atoms with Gasteiger partial charge in [0.2, 0.25) is 0 Å². The van der Waals surface area contributed by atoms with Crippen molar-refractivity contribution in [3.05, 3.63) is 84.3 Å². The Hall–Kier alpha value is -3.02. The molecule has 0 fully saturated rings. The van der Waals surface area contributed by atoms with E-state index in [1.165, 1.54) is 22.9 Å². The van der Waals surface area contributed by atoms with Crippen LogP contribution in [0.3, 0.4) is 0 Å². The molecule has 3 nitrogen and oxygen atoms in total. The molecule has 1 N–H and O–H groups in total. The highest BCUT2D eigenvalue weighted by atomic mass is 19.3. The van der Waals surface area contributed by atoms with Gasteiger partial charge < -0.3 is 5.32 Å². The Balaban J connectivity index is 1.75. The van der Waals surface area contributed by atoms with Crippen LogP contribution < -0.4 is 5.32 Å². The highest BCUT2D eigenvalue weighted by Gasteiger charge is 2.33.